The maximum atomic E-state index is 13.4. The van der Waals surface area contributed by atoms with Gasteiger partial charge in [0.25, 0.3) is 0 Å². The van der Waals surface area contributed by atoms with Crippen molar-refractivity contribution in [2.75, 3.05) is 6.54 Å². The molecule has 0 fully saturated rings. The van der Waals surface area contributed by atoms with Crippen molar-refractivity contribution in [3.05, 3.63) is 95.8 Å². The van der Waals surface area contributed by atoms with Crippen LogP contribution in [-0.4, -0.2) is 6.54 Å². The van der Waals surface area contributed by atoms with Gasteiger partial charge < -0.3 is 5.32 Å². The normalized spacial score (nSPS) is 12.1. The van der Waals surface area contributed by atoms with Gasteiger partial charge in [-0.25, -0.2) is 4.39 Å². The fraction of sp³-hybridized carbons (Fsp3) is 0.130. The topological polar surface area (TPSA) is 12.0 Å². The van der Waals surface area contributed by atoms with Gasteiger partial charge in [-0.3, -0.25) is 0 Å². The van der Waals surface area contributed by atoms with Crippen molar-refractivity contribution in [1.82, 2.24) is 5.32 Å². The van der Waals surface area contributed by atoms with Gasteiger partial charge in [-0.1, -0.05) is 72.5 Å². The van der Waals surface area contributed by atoms with Gasteiger partial charge in [-0.05, 0) is 41.5 Å². The highest BCUT2D eigenvalue weighted by Gasteiger charge is 2.07. The van der Waals surface area contributed by atoms with E-state index in [4.69, 9.17) is 0 Å². The summed E-state index contributed by atoms with van der Waals surface area (Å²) in [5.41, 5.74) is 1.70. The third kappa shape index (κ3) is 4.35. The molecule has 1 atom stereocenters. The summed E-state index contributed by atoms with van der Waals surface area (Å²) in [6.45, 7) is 2.86. The van der Waals surface area contributed by atoms with Crippen LogP contribution in [0.3, 0.4) is 0 Å². The highest BCUT2D eigenvalue weighted by Crippen LogP contribution is 2.23. The van der Waals surface area contributed by atoms with Crippen LogP contribution < -0.4 is 5.32 Å². The maximum absolute atomic E-state index is 13.4. The first-order chi connectivity index (χ1) is 12.3. The molecule has 1 N–H and O–H groups in total. The number of benzene rings is 3. The van der Waals surface area contributed by atoms with Crippen LogP contribution in [-0.2, 0) is 0 Å². The van der Waals surface area contributed by atoms with Crippen LogP contribution in [0, 0.1) is 17.7 Å². The average molecular weight is 329 g/mol. The number of hydrogen-bond donors (Lipinski definition) is 1. The molecular formula is C23H20FN. The van der Waals surface area contributed by atoms with E-state index in [-0.39, 0.29) is 11.9 Å². The second-order valence-corrected chi connectivity index (χ2v) is 5.85. The van der Waals surface area contributed by atoms with Gasteiger partial charge in [-0.15, -0.1) is 0 Å². The molecule has 3 rings (SSSR count). The van der Waals surface area contributed by atoms with Crippen LogP contribution in [0.2, 0.25) is 0 Å². The Hall–Kier alpha value is -2.89. The lowest BCUT2D eigenvalue weighted by atomic mass is 10.00. The Labute approximate surface area is 148 Å². The lowest BCUT2D eigenvalue weighted by Gasteiger charge is -2.15. The molecule has 3 aromatic carbocycles. The number of nitrogens with one attached hydrogen (secondary N) is 1. The quantitative estimate of drug-likeness (QED) is 0.646. The molecule has 124 valence electrons. The van der Waals surface area contributed by atoms with Crippen molar-refractivity contribution >= 4 is 10.8 Å². The van der Waals surface area contributed by atoms with E-state index in [1.807, 2.05) is 6.08 Å². The smallest absolute Gasteiger partial charge is 0.138 e. The van der Waals surface area contributed by atoms with Crippen molar-refractivity contribution in [3.63, 3.8) is 0 Å². The van der Waals surface area contributed by atoms with E-state index >= 15 is 0 Å². The van der Waals surface area contributed by atoms with Crippen LogP contribution in [0.25, 0.3) is 10.8 Å². The van der Waals surface area contributed by atoms with E-state index in [9.17, 15) is 4.39 Å². The second kappa shape index (κ2) is 8.28. The second-order valence-electron chi connectivity index (χ2n) is 5.85. The zero-order valence-electron chi connectivity index (χ0n) is 14.2. The Balaban J connectivity index is 1.60. The Morgan fingerprint density at radius 3 is 2.64 bits per heavy atom. The zero-order chi connectivity index (χ0) is 17.5. The van der Waals surface area contributed by atoms with E-state index in [0.29, 0.717) is 12.1 Å². The molecule has 0 aromatic heterocycles. The molecular weight excluding hydrogens is 309 g/mol. The third-order valence-electron chi connectivity index (χ3n) is 4.11. The molecule has 0 radical (unpaired) electrons. The molecule has 1 nitrogen and oxygen atoms in total. The first kappa shape index (κ1) is 17.0. The van der Waals surface area contributed by atoms with Crippen LogP contribution in [0.15, 0.2) is 78.9 Å². The van der Waals surface area contributed by atoms with Gasteiger partial charge >= 0.3 is 0 Å². The van der Waals surface area contributed by atoms with E-state index in [2.05, 4.69) is 66.5 Å². The highest BCUT2D eigenvalue weighted by atomic mass is 19.1. The van der Waals surface area contributed by atoms with Crippen LogP contribution >= 0.6 is 0 Å². The molecule has 0 saturated carbocycles. The third-order valence-corrected chi connectivity index (χ3v) is 4.11. The van der Waals surface area contributed by atoms with Gasteiger partial charge in [0.15, 0.2) is 0 Å². The van der Waals surface area contributed by atoms with Crippen LogP contribution in [0.4, 0.5) is 4.39 Å². The average Bonchev–Trinajstić information content (AvgIpc) is 2.65. The molecule has 25 heavy (non-hydrogen) atoms. The van der Waals surface area contributed by atoms with Gasteiger partial charge in [0.05, 0.1) is 5.56 Å². The van der Waals surface area contributed by atoms with Gasteiger partial charge in [0.1, 0.15) is 5.82 Å². The minimum absolute atomic E-state index is 0.232. The summed E-state index contributed by atoms with van der Waals surface area (Å²) in [5.74, 6) is 5.41. The van der Waals surface area contributed by atoms with E-state index < -0.39 is 0 Å². The van der Waals surface area contributed by atoms with E-state index in [1.54, 1.807) is 24.3 Å². The summed E-state index contributed by atoms with van der Waals surface area (Å²) in [7, 11) is 0. The van der Waals surface area contributed by atoms with Crippen LogP contribution in [0.1, 0.15) is 24.1 Å². The molecule has 0 heterocycles. The number of rotatable bonds is 4. The molecule has 3 aromatic rings. The van der Waals surface area contributed by atoms with Gasteiger partial charge in [0.2, 0.25) is 0 Å². The zero-order valence-corrected chi connectivity index (χ0v) is 14.2. The number of halogens is 1. The van der Waals surface area contributed by atoms with Crippen molar-refractivity contribution in [1.29, 1.82) is 0 Å². The summed E-state index contributed by atoms with van der Waals surface area (Å²) in [4.78, 5) is 0. The minimum atomic E-state index is -0.286. The number of hydrogen-bond acceptors (Lipinski definition) is 1. The van der Waals surface area contributed by atoms with Gasteiger partial charge in [0, 0.05) is 12.6 Å². The molecule has 0 aliphatic carbocycles. The van der Waals surface area contributed by atoms with E-state index in [1.165, 1.54) is 22.4 Å². The maximum Gasteiger partial charge on any atom is 0.138 e. The molecule has 0 unspecified atom stereocenters. The summed E-state index contributed by atoms with van der Waals surface area (Å²) in [6, 6.07) is 21.5. The standard InChI is InChI=1S/C23H20FN/c1-18(21-15-9-13-19-10-4-6-14-22(19)21)25-17-8-2-3-11-20-12-5-7-16-23(20)24/h2,4-10,12-16,18,25H,17H2,1H3/t18-/m1/s1. The summed E-state index contributed by atoms with van der Waals surface area (Å²) in [6.07, 6.45) is 3.71. The summed E-state index contributed by atoms with van der Waals surface area (Å²) >= 11 is 0. The molecule has 0 spiro atoms. The first-order valence-electron chi connectivity index (χ1n) is 8.38. The summed E-state index contributed by atoms with van der Waals surface area (Å²) in [5, 5.41) is 5.99. The molecule has 0 aliphatic heterocycles. The molecule has 0 aliphatic rings. The molecule has 0 amide bonds. The number of allylic oxidation sites excluding steroid dienone is 1. The monoisotopic (exact) mass is 329 g/mol. The molecule has 2 heteroatoms. The summed E-state index contributed by atoms with van der Waals surface area (Å²) < 4.78 is 13.4. The van der Waals surface area contributed by atoms with Crippen molar-refractivity contribution in [2.45, 2.75) is 13.0 Å². The Morgan fingerprint density at radius 2 is 1.76 bits per heavy atom. The lowest BCUT2D eigenvalue weighted by molar-refractivity contribution is 0.621. The van der Waals surface area contributed by atoms with Gasteiger partial charge in [-0.2, -0.15) is 0 Å². The highest BCUT2D eigenvalue weighted by molar-refractivity contribution is 5.86. The van der Waals surface area contributed by atoms with Crippen molar-refractivity contribution in [2.24, 2.45) is 0 Å². The minimum Gasteiger partial charge on any atom is -0.307 e. The molecule has 0 bridgehead atoms. The Morgan fingerprint density at radius 1 is 1.00 bits per heavy atom. The van der Waals surface area contributed by atoms with Crippen molar-refractivity contribution in [3.8, 4) is 11.8 Å². The number of fused-ring (bicyclic) bond motifs is 1. The Bertz CT molecular complexity index is 941. The molecule has 0 saturated heterocycles. The van der Waals surface area contributed by atoms with E-state index in [0.717, 1.165) is 0 Å². The predicted molar refractivity (Wildman–Crippen MR) is 103 cm³/mol. The first-order valence-corrected chi connectivity index (χ1v) is 8.38. The lowest BCUT2D eigenvalue weighted by Crippen LogP contribution is -2.18. The largest absolute Gasteiger partial charge is 0.307 e. The Kier molecular flexibility index (Phi) is 5.61. The fourth-order valence-corrected chi connectivity index (χ4v) is 2.78. The SMILES string of the molecule is C[C@@H](NCC=CC#Cc1ccccc1F)c1cccc2ccccc12. The fourth-order valence-electron chi connectivity index (χ4n) is 2.78. The van der Waals surface area contributed by atoms with Crippen LogP contribution in [0.5, 0.6) is 0 Å². The van der Waals surface area contributed by atoms with Crippen molar-refractivity contribution < 1.29 is 4.39 Å². The predicted octanol–water partition coefficient (Wildman–Crippen LogP) is 5.24.